The molecule has 1 aromatic heterocycles. The fourth-order valence-corrected chi connectivity index (χ4v) is 2.40. The second kappa shape index (κ2) is 5.65. The molecule has 1 aliphatic heterocycles. The van der Waals surface area contributed by atoms with Crippen molar-refractivity contribution in [1.82, 2.24) is 15.2 Å². The molecule has 1 aromatic carbocycles. The Balaban J connectivity index is 2.06. The Labute approximate surface area is 136 Å². The summed E-state index contributed by atoms with van der Waals surface area (Å²) in [6.07, 6.45) is 1.50. The topological polar surface area (TPSA) is 117 Å². The summed E-state index contributed by atoms with van der Waals surface area (Å²) in [5.41, 5.74) is 4.41. The fourth-order valence-electron chi connectivity index (χ4n) is 2.40. The molecule has 2 heterocycles. The van der Waals surface area contributed by atoms with Crippen LogP contribution >= 0.6 is 0 Å². The highest BCUT2D eigenvalue weighted by Gasteiger charge is 2.21. The summed E-state index contributed by atoms with van der Waals surface area (Å²) in [5, 5.41) is 15.7. The number of carbonyl (C=O) groups is 2. The van der Waals surface area contributed by atoms with Gasteiger partial charge in [0.25, 0.3) is 11.5 Å². The van der Waals surface area contributed by atoms with Gasteiger partial charge in [0, 0.05) is 5.69 Å². The zero-order valence-electron chi connectivity index (χ0n) is 13.0. The zero-order chi connectivity index (χ0) is 17.4. The van der Waals surface area contributed by atoms with E-state index in [4.69, 9.17) is 5.11 Å². The minimum atomic E-state index is -1.04. The van der Waals surface area contributed by atoms with Gasteiger partial charge in [0.15, 0.2) is 0 Å². The second-order valence-electron chi connectivity index (χ2n) is 5.34. The van der Waals surface area contributed by atoms with Crippen molar-refractivity contribution in [3.05, 3.63) is 57.0 Å². The summed E-state index contributed by atoms with van der Waals surface area (Å²) in [6.45, 7) is 3.39. The summed E-state index contributed by atoms with van der Waals surface area (Å²) < 4.78 is 1.30. The van der Waals surface area contributed by atoms with Crippen LogP contribution in [0.1, 0.15) is 28.5 Å². The number of rotatable bonds is 3. The lowest BCUT2D eigenvalue weighted by Crippen LogP contribution is -2.17. The number of nitrogens with zero attached hydrogens (tertiary/aromatic N) is 2. The van der Waals surface area contributed by atoms with Gasteiger partial charge >= 0.3 is 5.97 Å². The summed E-state index contributed by atoms with van der Waals surface area (Å²) in [4.78, 5) is 35.2. The van der Waals surface area contributed by atoms with Crippen LogP contribution in [0.3, 0.4) is 0 Å². The molecule has 1 aliphatic rings. The highest BCUT2D eigenvalue weighted by atomic mass is 16.4. The first-order chi connectivity index (χ1) is 11.4. The molecule has 122 valence electrons. The number of H-pyrrole nitrogens is 1. The summed E-state index contributed by atoms with van der Waals surface area (Å²) >= 11 is 0. The van der Waals surface area contributed by atoms with E-state index in [2.05, 4.69) is 15.6 Å². The fraction of sp³-hybridized carbons (Fsp3) is 0.125. The van der Waals surface area contributed by atoms with E-state index in [0.717, 1.165) is 0 Å². The number of benzene rings is 1. The van der Waals surface area contributed by atoms with Gasteiger partial charge in [-0.2, -0.15) is 5.10 Å². The van der Waals surface area contributed by atoms with Gasteiger partial charge in [0.2, 0.25) is 0 Å². The van der Waals surface area contributed by atoms with Crippen molar-refractivity contribution >= 4 is 23.7 Å². The molecule has 24 heavy (non-hydrogen) atoms. The van der Waals surface area contributed by atoms with E-state index < -0.39 is 5.97 Å². The number of aromatic nitrogens is 2. The van der Waals surface area contributed by atoms with Crippen LogP contribution in [-0.2, 0) is 4.79 Å². The molecular weight excluding hydrogens is 312 g/mol. The van der Waals surface area contributed by atoms with E-state index in [0.29, 0.717) is 28.2 Å². The molecule has 3 N–H and O–H groups in total. The minimum absolute atomic E-state index is 0.131. The SMILES string of the molecule is CC1=NNC(=O)C1=Cc1c(C)[nH]n(-c2ccc(C(=O)O)cc2)c1=O. The number of aromatic amines is 1. The molecule has 2 aromatic rings. The van der Waals surface area contributed by atoms with Crippen molar-refractivity contribution in [2.24, 2.45) is 5.10 Å². The normalized spacial score (nSPS) is 15.5. The maximum absolute atomic E-state index is 12.6. The van der Waals surface area contributed by atoms with Crippen molar-refractivity contribution in [2.45, 2.75) is 13.8 Å². The van der Waals surface area contributed by atoms with Gasteiger partial charge in [-0.1, -0.05) is 0 Å². The van der Waals surface area contributed by atoms with E-state index >= 15 is 0 Å². The van der Waals surface area contributed by atoms with E-state index in [9.17, 15) is 14.4 Å². The largest absolute Gasteiger partial charge is 0.478 e. The predicted molar refractivity (Wildman–Crippen MR) is 87.3 cm³/mol. The summed E-state index contributed by atoms with van der Waals surface area (Å²) in [6, 6.07) is 5.90. The molecule has 0 spiro atoms. The maximum Gasteiger partial charge on any atom is 0.335 e. The van der Waals surface area contributed by atoms with Gasteiger partial charge < -0.3 is 5.11 Å². The van der Waals surface area contributed by atoms with Crippen molar-refractivity contribution in [2.75, 3.05) is 0 Å². The molecule has 0 radical (unpaired) electrons. The maximum atomic E-state index is 12.6. The van der Waals surface area contributed by atoms with Crippen LogP contribution in [0, 0.1) is 6.92 Å². The van der Waals surface area contributed by atoms with Crippen molar-refractivity contribution in [3.63, 3.8) is 0 Å². The third-order valence-electron chi connectivity index (χ3n) is 3.74. The van der Waals surface area contributed by atoms with Crippen LogP contribution in [0.5, 0.6) is 0 Å². The molecule has 0 saturated carbocycles. The number of amides is 1. The number of hydrazone groups is 1. The van der Waals surface area contributed by atoms with Gasteiger partial charge in [-0.15, -0.1) is 0 Å². The number of hydrogen-bond donors (Lipinski definition) is 3. The average molecular weight is 326 g/mol. The molecule has 8 nitrogen and oxygen atoms in total. The Kier molecular flexibility index (Phi) is 3.64. The third-order valence-corrected chi connectivity index (χ3v) is 3.74. The van der Waals surface area contributed by atoms with E-state index in [-0.39, 0.29) is 17.0 Å². The molecule has 8 heteroatoms. The molecule has 0 fully saturated rings. The summed E-state index contributed by atoms with van der Waals surface area (Å²) in [5.74, 6) is -1.39. The van der Waals surface area contributed by atoms with Crippen molar-refractivity contribution in [3.8, 4) is 5.69 Å². The van der Waals surface area contributed by atoms with Crippen LogP contribution < -0.4 is 11.0 Å². The summed E-state index contributed by atoms with van der Waals surface area (Å²) in [7, 11) is 0. The molecule has 1 amide bonds. The van der Waals surface area contributed by atoms with Crippen LogP contribution in [-0.4, -0.2) is 32.5 Å². The highest BCUT2D eigenvalue weighted by molar-refractivity contribution is 6.26. The standard InChI is InChI=1S/C16H14N4O4/c1-8-12(14(21)18-17-8)7-13-9(2)19-20(15(13)22)11-5-3-10(4-6-11)16(23)24/h3-7,19H,1-2H3,(H,18,21)(H,23,24). The van der Waals surface area contributed by atoms with E-state index in [1.54, 1.807) is 13.8 Å². The molecule has 0 saturated heterocycles. The smallest absolute Gasteiger partial charge is 0.335 e. The van der Waals surface area contributed by atoms with Crippen LogP contribution in [0.15, 0.2) is 39.7 Å². The molecular formula is C16H14N4O4. The highest BCUT2D eigenvalue weighted by Crippen LogP contribution is 2.14. The van der Waals surface area contributed by atoms with Gasteiger partial charge in [0.05, 0.1) is 28.1 Å². The Morgan fingerprint density at radius 1 is 1.21 bits per heavy atom. The number of carbonyl (C=O) groups excluding carboxylic acids is 1. The molecule has 0 aliphatic carbocycles. The van der Waals surface area contributed by atoms with Crippen molar-refractivity contribution < 1.29 is 14.7 Å². The first-order valence-electron chi connectivity index (χ1n) is 7.10. The van der Waals surface area contributed by atoms with Crippen LogP contribution in [0.4, 0.5) is 0 Å². The number of hydrogen-bond acceptors (Lipinski definition) is 4. The zero-order valence-corrected chi connectivity index (χ0v) is 13.0. The third kappa shape index (κ3) is 2.54. The minimum Gasteiger partial charge on any atom is -0.478 e. The predicted octanol–water partition coefficient (Wildman–Crippen LogP) is 1.06. The molecule has 0 bridgehead atoms. The van der Waals surface area contributed by atoms with Gasteiger partial charge in [-0.25, -0.2) is 14.9 Å². The van der Waals surface area contributed by atoms with E-state index in [1.165, 1.54) is 35.0 Å². The first-order valence-corrected chi connectivity index (χ1v) is 7.10. The van der Waals surface area contributed by atoms with Crippen LogP contribution in [0.25, 0.3) is 11.8 Å². The van der Waals surface area contributed by atoms with E-state index in [1.807, 2.05) is 0 Å². The Hall–Kier alpha value is -3.42. The average Bonchev–Trinajstić information content (AvgIpc) is 3.02. The van der Waals surface area contributed by atoms with Gasteiger partial charge in [0.1, 0.15) is 0 Å². The number of aromatic carboxylic acids is 1. The number of carboxylic acid groups (broad SMARTS) is 1. The lowest BCUT2D eigenvalue weighted by atomic mass is 10.1. The first kappa shape index (κ1) is 15.5. The quantitative estimate of drug-likeness (QED) is 0.731. The lowest BCUT2D eigenvalue weighted by molar-refractivity contribution is -0.116. The van der Waals surface area contributed by atoms with Crippen LogP contribution in [0.2, 0.25) is 0 Å². The van der Waals surface area contributed by atoms with Crippen molar-refractivity contribution in [1.29, 1.82) is 0 Å². The number of nitrogens with one attached hydrogen (secondary N) is 2. The Morgan fingerprint density at radius 3 is 2.42 bits per heavy atom. The Bertz CT molecular complexity index is 961. The molecule has 3 rings (SSSR count). The molecule has 0 atom stereocenters. The van der Waals surface area contributed by atoms with Gasteiger partial charge in [-0.3, -0.25) is 14.7 Å². The molecule has 0 unspecified atom stereocenters. The number of aryl methyl sites for hydroxylation is 1. The number of carboxylic acids is 1. The Morgan fingerprint density at radius 2 is 1.88 bits per heavy atom. The monoisotopic (exact) mass is 326 g/mol. The van der Waals surface area contributed by atoms with Gasteiger partial charge in [-0.05, 0) is 44.2 Å². The lowest BCUT2D eigenvalue weighted by Gasteiger charge is -2.01. The second-order valence-corrected chi connectivity index (χ2v) is 5.34.